The molecule has 0 saturated carbocycles. The van der Waals surface area contributed by atoms with E-state index in [0.717, 1.165) is 6.42 Å². The van der Waals surface area contributed by atoms with Gasteiger partial charge in [-0.3, -0.25) is 4.79 Å². The summed E-state index contributed by atoms with van der Waals surface area (Å²) < 4.78 is 5.00. The van der Waals surface area contributed by atoms with Crippen molar-refractivity contribution in [1.82, 2.24) is 0 Å². The monoisotopic (exact) mass is 329 g/mol. The number of esters is 1. The molecule has 1 fully saturated rings. The van der Waals surface area contributed by atoms with Crippen LogP contribution in [0.3, 0.4) is 0 Å². The Bertz CT molecular complexity index is 485. The first kappa shape index (κ1) is 13.3. The average Bonchev–Trinajstić information content (AvgIpc) is 2.95. The van der Waals surface area contributed by atoms with Gasteiger partial charge in [-0.15, -0.1) is 11.3 Å². The first-order chi connectivity index (χ1) is 8.65. The van der Waals surface area contributed by atoms with E-state index in [4.69, 9.17) is 4.74 Å². The molecule has 1 aliphatic heterocycles. The lowest BCUT2D eigenvalue weighted by molar-refractivity contribution is -0.116. The van der Waals surface area contributed by atoms with Crippen molar-refractivity contribution < 1.29 is 14.3 Å². The Balaban J connectivity index is 2.20. The van der Waals surface area contributed by atoms with Crippen LogP contribution in [-0.4, -0.2) is 29.9 Å². The molecule has 1 saturated heterocycles. The third-order valence-corrected chi connectivity index (χ3v) is 4.37. The Hall–Kier alpha value is -1.14. The maximum atomic E-state index is 11.9. The second-order valence-corrected chi connectivity index (χ2v) is 5.77. The number of alkyl halides is 1. The summed E-state index contributed by atoms with van der Waals surface area (Å²) in [6, 6.07) is 1.68. The highest BCUT2D eigenvalue weighted by Gasteiger charge is 2.33. The summed E-state index contributed by atoms with van der Waals surface area (Å²) in [7, 11) is 0. The number of nitrogens with zero attached hydrogens (tertiary/aromatic N) is 1. The lowest BCUT2D eigenvalue weighted by atomic mass is 10.3. The van der Waals surface area contributed by atoms with Crippen LogP contribution in [-0.2, 0) is 9.53 Å². The Morgan fingerprint density at radius 2 is 2.50 bits per heavy atom. The van der Waals surface area contributed by atoms with E-state index in [-0.39, 0.29) is 17.3 Å². The molecule has 1 amide bonds. The van der Waals surface area contributed by atoms with Gasteiger partial charge in [0.05, 0.1) is 10.4 Å². The number of carbonyl (C=O) groups excluding carboxylic acids is 2. The summed E-state index contributed by atoms with van der Waals surface area (Å²) in [5, 5.41) is 2.45. The van der Waals surface area contributed by atoms with Crippen LogP contribution in [0.25, 0.3) is 0 Å². The van der Waals surface area contributed by atoms with Crippen LogP contribution >= 0.6 is 27.3 Å². The molecule has 0 spiro atoms. The minimum Gasteiger partial charge on any atom is -0.458 e. The van der Waals surface area contributed by atoms with Crippen LogP contribution in [0, 0.1) is 0 Å². The van der Waals surface area contributed by atoms with Crippen molar-refractivity contribution in [3.8, 4) is 0 Å². The van der Waals surface area contributed by atoms with E-state index in [9.17, 15) is 9.59 Å². The van der Waals surface area contributed by atoms with Crippen LogP contribution in [0.15, 0.2) is 24.1 Å². The number of hydrogen-bond donors (Lipinski definition) is 0. The zero-order chi connectivity index (χ0) is 13.1. The normalized spacial score (nSPS) is 19.1. The third-order valence-electron chi connectivity index (χ3n) is 2.58. The van der Waals surface area contributed by atoms with Gasteiger partial charge in [-0.25, -0.2) is 4.79 Å². The van der Waals surface area contributed by atoms with E-state index in [2.05, 4.69) is 22.5 Å². The molecule has 1 aromatic heterocycles. The molecule has 1 aliphatic rings. The molecule has 96 valence electrons. The molecular formula is C12H12BrNO3S. The summed E-state index contributed by atoms with van der Waals surface area (Å²) in [5.41, 5.74) is 0.441. The maximum Gasteiger partial charge on any atom is 0.341 e. The molecule has 0 N–H and O–H groups in total. The van der Waals surface area contributed by atoms with Crippen molar-refractivity contribution in [2.24, 2.45) is 0 Å². The number of rotatable bonds is 4. The van der Waals surface area contributed by atoms with E-state index in [0.29, 0.717) is 17.1 Å². The quantitative estimate of drug-likeness (QED) is 0.484. The van der Waals surface area contributed by atoms with Gasteiger partial charge in [0.2, 0.25) is 5.91 Å². The molecular weight excluding hydrogens is 318 g/mol. The predicted octanol–water partition coefficient (Wildman–Crippen LogP) is 2.59. The Kier molecular flexibility index (Phi) is 4.19. The van der Waals surface area contributed by atoms with Crippen molar-refractivity contribution in [1.29, 1.82) is 0 Å². The second kappa shape index (κ2) is 5.67. The lowest BCUT2D eigenvalue weighted by Crippen LogP contribution is -2.27. The lowest BCUT2D eigenvalue weighted by Gasteiger charge is -2.15. The number of carbonyl (C=O) groups is 2. The van der Waals surface area contributed by atoms with Gasteiger partial charge in [-0.05, 0) is 17.9 Å². The van der Waals surface area contributed by atoms with E-state index in [1.54, 1.807) is 16.3 Å². The summed E-state index contributed by atoms with van der Waals surface area (Å²) in [4.78, 5) is 25.2. The first-order valence-corrected chi connectivity index (χ1v) is 7.25. The summed E-state index contributed by atoms with van der Waals surface area (Å²) in [6.45, 7) is 4.28. The molecule has 4 nitrogen and oxygen atoms in total. The summed E-state index contributed by atoms with van der Waals surface area (Å²) >= 11 is 4.69. The molecule has 2 heterocycles. The van der Waals surface area contributed by atoms with Gasteiger partial charge in [0.25, 0.3) is 0 Å². The van der Waals surface area contributed by atoms with Crippen molar-refractivity contribution in [3.63, 3.8) is 0 Å². The highest BCUT2D eigenvalue weighted by atomic mass is 79.9. The number of hydrogen-bond acceptors (Lipinski definition) is 4. The van der Waals surface area contributed by atoms with Crippen molar-refractivity contribution in [2.75, 3.05) is 18.1 Å². The Morgan fingerprint density at radius 3 is 3.11 bits per heavy atom. The number of anilines is 1. The Morgan fingerprint density at radius 1 is 1.72 bits per heavy atom. The summed E-state index contributed by atoms with van der Waals surface area (Å²) in [5.74, 6) is -0.424. The molecule has 0 aromatic carbocycles. The minimum atomic E-state index is -0.419. The van der Waals surface area contributed by atoms with Gasteiger partial charge in [0, 0.05) is 6.54 Å². The van der Waals surface area contributed by atoms with Gasteiger partial charge in [0.15, 0.2) is 0 Å². The molecule has 1 atom stereocenters. The van der Waals surface area contributed by atoms with Crippen molar-refractivity contribution in [3.05, 3.63) is 29.7 Å². The molecule has 1 aromatic rings. The highest BCUT2D eigenvalue weighted by Crippen LogP contribution is 2.33. The SMILES string of the molecule is C=CCOC(=O)c1ccsc1N1CCC(Br)C1=O. The number of ether oxygens (including phenoxy) is 1. The molecule has 1 unspecified atom stereocenters. The largest absolute Gasteiger partial charge is 0.458 e. The zero-order valence-corrected chi connectivity index (χ0v) is 12.0. The standard InChI is InChI=1S/C12H12BrNO3S/c1-2-6-17-12(16)8-4-7-18-11(8)14-5-3-9(13)10(14)15/h2,4,7,9H,1,3,5-6H2. The average molecular weight is 330 g/mol. The molecule has 0 radical (unpaired) electrons. The zero-order valence-electron chi connectivity index (χ0n) is 9.60. The predicted molar refractivity (Wildman–Crippen MR) is 74.5 cm³/mol. The fourth-order valence-corrected chi connectivity index (χ4v) is 3.10. The second-order valence-electron chi connectivity index (χ2n) is 3.77. The van der Waals surface area contributed by atoms with Gasteiger partial charge >= 0.3 is 5.97 Å². The summed E-state index contributed by atoms with van der Waals surface area (Å²) in [6.07, 6.45) is 2.26. The maximum absolute atomic E-state index is 11.9. The molecule has 6 heteroatoms. The van der Waals surface area contributed by atoms with Gasteiger partial charge in [-0.2, -0.15) is 0 Å². The van der Waals surface area contributed by atoms with Crippen LogP contribution in [0.5, 0.6) is 0 Å². The van der Waals surface area contributed by atoms with Crippen LogP contribution in [0.2, 0.25) is 0 Å². The fraction of sp³-hybridized carbons (Fsp3) is 0.333. The van der Waals surface area contributed by atoms with Crippen LogP contribution in [0.1, 0.15) is 16.8 Å². The highest BCUT2D eigenvalue weighted by molar-refractivity contribution is 9.10. The minimum absolute atomic E-state index is 0.00443. The van der Waals surface area contributed by atoms with E-state index in [1.165, 1.54) is 17.4 Å². The van der Waals surface area contributed by atoms with Crippen LogP contribution in [0.4, 0.5) is 5.00 Å². The van der Waals surface area contributed by atoms with E-state index in [1.807, 2.05) is 0 Å². The van der Waals surface area contributed by atoms with E-state index < -0.39 is 5.97 Å². The Labute approximate surface area is 117 Å². The number of thiophene rings is 1. The first-order valence-electron chi connectivity index (χ1n) is 5.46. The molecule has 18 heavy (non-hydrogen) atoms. The van der Waals surface area contributed by atoms with Gasteiger partial charge < -0.3 is 9.64 Å². The molecule has 2 rings (SSSR count). The van der Waals surface area contributed by atoms with E-state index >= 15 is 0 Å². The van der Waals surface area contributed by atoms with Crippen molar-refractivity contribution in [2.45, 2.75) is 11.2 Å². The third kappa shape index (κ3) is 2.49. The number of amides is 1. The fourth-order valence-electron chi connectivity index (χ4n) is 1.72. The molecule has 0 aliphatic carbocycles. The van der Waals surface area contributed by atoms with Gasteiger partial charge in [-0.1, -0.05) is 28.6 Å². The smallest absolute Gasteiger partial charge is 0.341 e. The molecule has 0 bridgehead atoms. The van der Waals surface area contributed by atoms with Crippen LogP contribution < -0.4 is 4.90 Å². The van der Waals surface area contributed by atoms with Gasteiger partial charge in [0.1, 0.15) is 11.6 Å². The topological polar surface area (TPSA) is 46.6 Å². The number of halogens is 1. The van der Waals surface area contributed by atoms with Crippen molar-refractivity contribution >= 4 is 44.1 Å².